The van der Waals surface area contributed by atoms with Gasteiger partial charge in [-0.15, -0.1) is 0 Å². The number of carbonyl (C=O) groups excluding carboxylic acids is 2. The van der Waals surface area contributed by atoms with Crippen LogP contribution in [0.15, 0.2) is 48.9 Å². The van der Waals surface area contributed by atoms with E-state index in [1.165, 1.54) is 18.6 Å². The number of amides is 2. The third-order valence-corrected chi connectivity index (χ3v) is 4.14. The van der Waals surface area contributed by atoms with Crippen LogP contribution >= 0.6 is 0 Å². The minimum absolute atomic E-state index is 0.0662. The molecule has 1 heterocycles. The molecule has 0 spiro atoms. The van der Waals surface area contributed by atoms with Crippen molar-refractivity contribution in [3.8, 4) is 0 Å². The number of aromatic nitrogens is 2. The van der Waals surface area contributed by atoms with Crippen molar-refractivity contribution in [2.24, 2.45) is 0 Å². The summed E-state index contributed by atoms with van der Waals surface area (Å²) in [5.74, 6) is -0.259. The highest BCUT2D eigenvalue weighted by Gasteiger charge is 2.18. The first kappa shape index (κ1) is 19.6. The van der Waals surface area contributed by atoms with E-state index in [9.17, 15) is 9.59 Å². The Morgan fingerprint density at radius 2 is 1.92 bits per heavy atom. The highest BCUT2D eigenvalue weighted by Crippen LogP contribution is 2.11. The zero-order chi connectivity index (χ0) is 18.8. The Bertz CT molecular complexity index is 691. The van der Waals surface area contributed by atoms with Gasteiger partial charge in [0.15, 0.2) is 0 Å². The molecule has 0 fully saturated rings. The van der Waals surface area contributed by atoms with Gasteiger partial charge in [0.25, 0.3) is 5.91 Å². The van der Waals surface area contributed by atoms with Gasteiger partial charge in [-0.1, -0.05) is 43.7 Å². The lowest BCUT2D eigenvalue weighted by Gasteiger charge is -2.22. The molecule has 0 radical (unpaired) electrons. The van der Waals surface area contributed by atoms with Crippen LogP contribution in [-0.4, -0.2) is 39.8 Å². The first-order valence-corrected chi connectivity index (χ1v) is 9.01. The Labute approximate surface area is 154 Å². The number of hydrogen-bond donors (Lipinski definition) is 1. The van der Waals surface area contributed by atoms with Crippen LogP contribution in [0.2, 0.25) is 0 Å². The first-order valence-electron chi connectivity index (χ1n) is 9.01. The molecule has 1 aromatic heterocycles. The molecule has 0 bridgehead atoms. The second-order valence-corrected chi connectivity index (χ2v) is 6.19. The third kappa shape index (κ3) is 5.95. The summed E-state index contributed by atoms with van der Waals surface area (Å²) in [7, 11) is 0. The van der Waals surface area contributed by atoms with Gasteiger partial charge in [0.05, 0.1) is 12.2 Å². The molecule has 0 aliphatic carbocycles. The molecule has 0 aliphatic heterocycles. The molecular formula is C20H26N4O2. The summed E-state index contributed by atoms with van der Waals surface area (Å²) in [5, 5.41) is 2.98. The average Bonchev–Trinajstić information content (AvgIpc) is 2.69. The summed E-state index contributed by atoms with van der Waals surface area (Å²) in [6.45, 7) is 4.99. The van der Waals surface area contributed by atoms with Crippen molar-refractivity contribution in [2.75, 3.05) is 13.1 Å². The minimum Gasteiger partial charge on any atom is -0.350 e. The maximum atomic E-state index is 12.6. The maximum Gasteiger partial charge on any atom is 0.274 e. The third-order valence-electron chi connectivity index (χ3n) is 4.14. The molecule has 0 saturated heterocycles. The molecule has 138 valence electrons. The predicted molar refractivity (Wildman–Crippen MR) is 100 cm³/mol. The zero-order valence-electron chi connectivity index (χ0n) is 15.4. The van der Waals surface area contributed by atoms with E-state index in [2.05, 4.69) is 22.2 Å². The molecule has 0 saturated carbocycles. The van der Waals surface area contributed by atoms with Crippen LogP contribution in [0.25, 0.3) is 0 Å². The van der Waals surface area contributed by atoms with Crippen LogP contribution < -0.4 is 5.32 Å². The monoisotopic (exact) mass is 354 g/mol. The molecule has 2 rings (SSSR count). The van der Waals surface area contributed by atoms with E-state index in [1.54, 1.807) is 4.90 Å². The Morgan fingerprint density at radius 1 is 1.15 bits per heavy atom. The van der Waals surface area contributed by atoms with Gasteiger partial charge in [-0.25, -0.2) is 4.98 Å². The fourth-order valence-electron chi connectivity index (χ4n) is 2.61. The molecule has 6 nitrogen and oxygen atoms in total. The summed E-state index contributed by atoms with van der Waals surface area (Å²) in [4.78, 5) is 34.6. The molecule has 1 atom stereocenters. The smallest absolute Gasteiger partial charge is 0.274 e. The lowest BCUT2D eigenvalue weighted by Crippen LogP contribution is -2.37. The summed E-state index contributed by atoms with van der Waals surface area (Å²) in [6.07, 6.45) is 6.60. The summed E-state index contributed by atoms with van der Waals surface area (Å²) >= 11 is 0. The SMILES string of the molecule is CCCCN(CCC(=O)N[C@H](C)c1ccccc1)C(=O)c1cnccn1. The van der Waals surface area contributed by atoms with Gasteiger partial charge < -0.3 is 10.2 Å². The van der Waals surface area contributed by atoms with Crippen molar-refractivity contribution in [3.05, 3.63) is 60.2 Å². The van der Waals surface area contributed by atoms with E-state index in [0.29, 0.717) is 18.8 Å². The zero-order valence-corrected chi connectivity index (χ0v) is 15.4. The first-order chi connectivity index (χ1) is 12.6. The Hall–Kier alpha value is -2.76. The average molecular weight is 354 g/mol. The highest BCUT2D eigenvalue weighted by molar-refractivity contribution is 5.92. The van der Waals surface area contributed by atoms with E-state index in [-0.39, 0.29) is 24.3 Å². The Kier molecular flexibility index (Phi) is 7.74. The largest absolute Gasteiger partial charge is 0.350 e. The van der Waals surface area contributed by atoms with Crippen molar-refractivity contribution in [2.45, 2.75) is 39.2 Å². The number of rotatable bonds is 9. The Morgan fingerprint density at radius 3 is 2.58 bits per heavy atom. The van der Waals surface area contributed by atoms with E-state index in [0.717, 1.165) is 18.4 Å². The summed E-state index contributed by atoms with van der Waals surface area (Å²) in [5.41, 5.74) is 1.36. The fraction of sp³-hybridized carbons (Fsp3) is 0.400. The van der Waals surface area contributed by atoms with Crippen molar-refractivity contribution >= 4 is 11.8 Å². The van der Waals surface area contributed by atoms with Gasteiger partial charge in [0, 0.05) is 31.9 Å². The molecular weight excluding hydrogens is 328 g/mol. The van der Waals surface area contributed by atoms with E-state index < -0.39 is 0 Å². The number of nitrogens with one attached hydrogen (secondary N) is 1. The van der Waals surface area contributed by atoms with Gasteiger partial charge in [-0.05, 0) is 18.9 Å². The second-order valence-electron chi connectivity index (χ2n) is 6.19. The van der Waals surface area contributed by atoms with Crippen LogP contribution in [0, 0.1) is 0 Å². The molecule has 6 heteroatoms. The molecule has 26 heavy (non-hydrogen) atoms. The molecule has 2 aromatic rings. The number of unbranched alkanes of at least 4 members (excludes halogenated alkanes) is 1. The molecule has 1 N–H and O–H groups in total. The molecule has 2 amide bonds. The van der Waals surface area contributed by atoms with Gasteiger partial charge >= 0.3 is 0 Å². The van der Waals surface area contributed by atoms with Crippen LogP contribution in [0.1, 0.15) is 55.2 Å². The standard InChI is InChI=1S/C20H26N4O2/c1-3-4-13-24(20(26)18-15-21-11-12-22-18)14-10-19(25)23-16(2)17-8-6-5-7-9-17/h5-9,11-12,15-16H,3-4,10,13-14H2,1-2H3,(H,23,25)/t16-/m1/s1. The van der Waals surface area contributed by atoms with Crippen LogP contribution in [0.4, 0.5) is 0 Å². The van der Waals surface area contributed by atoms with Gasteiger partial charge in [-0.3, -0.25) is 14.6 Å². The van der Waals surface area contributed by atoms with E-state index in [4.69, 9.17) is 0 Å². The van der Waals surface area contributed by atoms with Crippen LogP contribution in [0.5, 0.6) is 0 Å². The lowest BCUT2D eigenvalue weighted by atomic mass is 10.1. The second kappa shape index (κ2) is 10.3. The normalized spacial score (nSPS) is 11.6. The molecule has 1 aromatic carbocycles. The molecule has 0 unspecified atom stereocenters. The topological polar surface area (TPSA) is 75.2 Å². The fourth-order valence-corrected chi connectivity index (χ4v) is 2.61. The maximum absolute atomic E-state index is 12.6. The quantitative estimate of drug-likeness (QED) is 0.751. The van der Waals surface area contributed by atoms with Crippen molar-refractivity contribution in [1.29, 1.82) is 0 Å². The van der Waals surface area contributed by atoms with Crippen LogP contribution in [0.3, 0.4) is 0 Å². The summed E-state index contributed by atoms with van der Waals surface area (Å²) in [6, 6.07) is 9.74. The number of carbonyl (C=O) groups is 2. The number of nitrogens with zero attached hydrogens (tertiary/aromatic N) is 3. The Balaban J connectivity index is 1.91. The van der Waals surface area contributed by atoms with Crippen molar-refractivity contribution < 1.29 is 9.59 Å². The van der Waals surface area contributed by atoms with Gasteiger partial charge in [0.2, 0.25) is 5.91 Å². The van der Waals surface area contributed by atoms with Crippen molar-refractivity contribution in [1.82, 2.24) is 20.2 Å². The number of hydrogen-bond acceptors (Lipinski definition) is 4. The lowest BCUT2D eigenvalue weighted by molar-refractivity contribution is -0.121. The minimum atomic E-state index is -0.185. The van der Waals surface area contributed by atoms with Gasteiger partial charge in [-0.2, -0.15) is 0 Å². The van der Waals surface area contributed by atoms with E-state index in [1.807, 2.05) is 37.3 Å². The van der Waals surface area contributed by atoms with E-state index >= 15 is 0 Å². The summed E-state index contributed by atoms with van der Waals surface area (Å²) < 4.78 is 0. The predicted octanol–water partition coefficient (Wildman–Crippen LogP) is 2.99. The van der Waals surface area contributed by atoms with Crippen LogP contribution in [-0.2, 0) is 4.79 Å². The van der Waals surface area contributed by atoms with Gasteiger partial charge in [0.1, 0.15) is 5.69 Å². The molecule has 0 aliphatic rings. The van der Waals surface area contributed by atoms with Crippen molar-refractivity contribution in [3.63, 3.8) is 0 Å². The highest BCUT2D eigenvalue weighted by atomic mass is 16.2. The number of benzene rings is 1.